The number of rotatable bonds is 6. The monoisotopic (exact) mass is 363 g/mol. The third-order valence-corrected chi connectivity index (χ3v) is 4.43. The molecule has 0 aliphatic heterocycles. The molecule has 0 fully saturated rings. The zero-order valence-corrected chi connectivity index (χ0v) is 15.5. The number of benzene rings is 1. The number of nitrogens with zero attached hydrogens (tertiary/aromatic N) is 2. The van der Waals surface area contributed by atoms with Crippen LogP contribution in [0.2, 0.25) is 0 Å². The van der Waals surface area contributed by atoms with Gasteiger partial charge >= 0.3 is 0 Å². The molecule has 0 saturated heterocycles. The highest BCUT2D eigenvalue weighted by molar-refractivity contribution is 5.78. The van der Waals surface area contributed by atoms with E-state index in [1.54, 1.807) is 20.5 Å². The highest BCUT2D eigenvalue weighted by Gasteiger charge is 2.16. The van der Waals surface area contributed by atoms with Gasteiger partial charge in [0.25, 0.3) is 0 Å². The summed E-state index contributed by atoms with van der Waals surface area (Å²) in [6, 6.07) is 13.7. The van der Waals surface area contributed by atoms with Crippen molar-refractivity contribution in [1.29, 1.82) is 0 Å². The lowest BCUT2D eigenvalue weighted by Crippen LogP contribution is -2.03. The number of hydrogen-bond donors (Lipinski definition) is 1. The predicted molar refractivity (Wildman–Crippen MR) is 105 cm³/mol. The summed E-state index contributed by atoms with van der Waals surface area (Å²) >= 11 is 0. The average molecular weight is 363 g/mol. The molecule has 3 aromatic heterocycles. The summed E-state index contributed by atoms with van der Waals surface area (Å²) in [6.07, 6.45) is 3.74. The molecule has 0 atom stereocenters. The van der Waals surface area contributed by atoms with Crippen LogP contribution in [0, 0.1) is 6.92 Å². The second-order valence-corrected chi connectivity index (χ2v) is 6.25. The first-order valence-corrected chi connectivity index (χ1v) is 8.67. The Hall–Kier alpha value is -3.41. The molecule has 0 spiro atoms. The van der Waals surface area contributed by atoms with Crippen molar-refractivity contribution in [2.75, 3.05) is 19.5 Å². The molecule has 4 aromatic rings. The van der Waals surface area contributed by atoms with Crippen LogP contribution in [-0.2, 0) is 6.54 Å². The van der Waals surface area contributed by atoms with E-state index in [2.05, 4.69) is 28.9 Å². The summed E-state index contributed by atoms with van der Waals surface area (Å²) in [5.41, 5.74) is 3.80. The normalized spacial score (nSPS) is 10.9. The van der Waals surface area contributed by atoms with Gasteiger partial charge < -0.3 is 19.2 Å². The molecule has 0 unspecified atom stereocenters. The Labute approximate surface area is 157 Å². The summed E-state index contributed by atoms with van der Waals surface area (Å²) in [4.78, 5) is 4.83. The van der Waals surface area contributed by atoms with Gasteiger partial charge in [-0.15, -0.1) is 0 Å². The molecule has 27 heavy (non-hydrogen) atoms. The smallest absolute Gasteiger partial charge is 0.161 e. The molecule has 138 valence electrons. The lowest BCUT2D eigenvalue weighted by molar-refractivity contribution is 0.355. The van der Waals surface area contributed by atoms with Gasteiger partial charge in [-0.1, -0.05) is 6.07 Å². The zero-order valence-electron chi connectivity index (χ0n) is 15.5. The Morgan fingerprint density at radius 2 is 1.93 bits per heavy atom. The maximum absolute atomic E-state index is 5.46. The first-order valence-electron chi connectivity index (χ1n) is 8.67. The van der Waals surface area contributed by atoms with Crippen molar-refractivity contribution in [2.24, 2.45) is 0 Å². The third-order valence-electron chi connectivity index (χ3n) is 4.43. The van der Waals surface area contributed by atoms with Gasteiger partial charge in [0, 0.05) is 11.8 Å². The second kappa shape index (κ2) is 7.07. The Bertz CT molecular complexity index is 1070. The SMILES string of the molecule is COc1ccc(-c2nc3ccc(C)cn3c2NCc2ccco2)cc1OC. The molecule has 0 amide bonds. The predicted octanol–water partition coefficient (Wildman–Crippen LogP) is 4.53. The third kappa shape index (κ3) is 3.21. The van der Waals surface area contributed by atoms with Gasteiger partial charge in [-0.2, -0.15) is 0 Å². The minimum atomic E-state index is 0.565. The molecule has 6 heteroatoms. The highest BCUT2D eigenvalue weighted by Crippen LogP contribution is 2.35. The number of fused-ring (bicyclic) bond motifs is 1. The standard InChI is InChI=1S/C21H21N3O3/c1-14-6-9-19-23-20(15-7-8-17(25-2)18(11-15)26-3)21(24(19)13-14)22-12-16-5-4-10-27-16/h4-11,13,22H,12H2,1-3H3. The Morgan fingerprint density at radius 3 is 2.67 bits per heavy atom. The van der Waals surface area contributed by atoms with Crippen LogP contribution in [0.4, 0.5) is 5.82 Å². The summed E-state index contributed by atoms with van der Waals surface area (Å²) in [6.45, 7) is 2.63. The van der Waals surface area contributed by atoms with Crippen LogP contribution in [0.15, 0.2) is 59.3 Å². The summed E-state index contributed by atoms with van der Waals surface area (Å²) < 4.78 is 18.3. The molecule has 0 aliphatic rings. The molecule has 1 aromatic carbocycles. The number of hydrogen-bond acceptors (Lipinski definition) is 5. The van der Waals surface area contributed by atoms with Gasteiger partial charge in [-0.25, -0.2) is 4.98 Å². The largest absolute Gasteiger partial charge is 0.493 e. The summed E-state index contributed by atoms with van der Waals surface area (Å²) in [7, 11) is 3.26. The molecule has 0 bridgehead atoms. The fraction of sp³-hybridized carbons (Fsp3) is 0.190. The van der Waals surface area contributed by atoms with E-state index in [0.29, 0.717) is 18.0 Å². The van der Waals surface area contributed by atoms with Crippen LogP contribution in [0.3, 0.4) is 0 Å². The van der Waals surface area contributed by atoms with E-state index >= 15 is 0 Å². The number of furan rings is 1. The first kappa shape index (κ1) is 17.0. The lowest BCUT2D eigenvalue weighted by atomic mass is 10.1. The molecular weight excluding hydrogens is 342 g/mol. The van der Waals surface area contributed by atoms with Crippen molar-refractivity contribution in [1.82, 2.24) is 9.38 Å². The lowest BCUT2D eigenvalue weighted by Gasteiger charge is -2.11. The molecule has 4 rings (SSSR count). The van der Waals surface area contributed by atoms with E-state index < -0.39 is 0 Å². The van der Waals surface area contributed by atoms with Crippen molar-refractivity contribution in [3.05, 3.63) is 66.2 Å². The van der Waals surface area contributed by atoms with Gasteiger partial charge in [0.05, 0.1) is 27.0 Å². The van der Waals surface area contributed by atoms with Crippen LogP contribution in [-0.4, -0.2) is 23.6 Å². The van der Waals surface area contributed by atoms with Gasteiger partial charge in [-0.3, -0.25) is 4.40 Å². The van der Waals surface area contributed by atoms with Crippen molar-refractivity contribution < 1.29 is 13.9 Å². The number of aryl methyl sites for hydroxylation is 1. The number of methoxy groups -OCH3 is 2. The molecule has 0 aliphatic carbocycles. The second-order valence-electron chi connectivity index (χ2n) is 6.25. The van der Waals surface area contributed by atoms with E-state index in [0.717, 1.165) is 34.0 Å². The average Bonchev–Trinajstić information content (AvgIpc) is 3.33. The van der Waals surface area contributed by atoms with Gasteiger partial charge in [-0.05, 0) is 48.9 Å². The minimum absolute atomic E-state index is 0.565. The van der Waals surface area contributed by atoms with Crippen LogP contribution < -0.4 is 14.8 Å². The van der Waals surface area contributed by atoms with Gasteiger partial charge in [0.1, 0.15) is 22.9 Å². The van der Waals surface area contributed by atoms with Crippen molar-refractivity contribution >= 4 is 11.5 Å². The number of aromatic nitrogens is 2. The van der Waals surface area contributed by atoms with Crippen molar-refractivity contribution in [3.63, 3.8) is 0 Å². The van der Waals surface area contributed by atoms with E-state index in [9.17, 15) is 0 Å². The molecular formula is C21H21N3O3. The van der Waals surface area contributed by atoms with E-state index in [-0.39, 0.29) is 0 Å². The first-order chi connectivity index (χ1) is 13.2. The molecule has 1 N–H and O–H groups in total. The van der Waals surface area contributed by atoms with Gasteiger partial charge in [0.15, 0.2) is 11.5 Å². The Kier molecular flexibility index (Phi) is 4.46. The Balaban J connectivity index is 1.82. The van der Waals surface area contributed by atoms with Crippen molar-refractivity contribution in [3.8, 4) is 22.8 Å². The van der Waals surface area contributed by atoms with E-state index in [4.69, 9.17) is 18.9 Å². The van der Waals surface area contributed by atoms with Crippen LogP contribution in [0.1, 0.15) is 11.3 Å². The molecule has 0 saturated carbocycles. The Morgan fingerprint density at radius 1 is 1.07 bits per heavy atom. The van der Waals surface area contributed by atoms with Crippen LogP contribution in [0.25, 0.3) is 16.9 Å². The number of pyridine rings is 1. The number of ether oxygens (including phenoxy) is 2. The quantitative estimate of drug-likeness (QED) is 0.545. The van der Waals surface area contributed by atoms with E-state index in [1.165, 1.54) is 0 Å². The maximum atomic E-state index is 5.46. The minimum Gasteiger partial charge on any atom is -0.493 e. The topological polar surface area (TPSA) is 60.9 Å². The van der Waals surface area contributed by atoms with Crippen molar-refractivity contribution in [2.45, 2.75) is 13.5 Å². The molecule has 6 nitrogen and oxygen atoms in total. The number of imidazole rings is 1. The fourth-order valence-electron chi connectivity index (χ4n) is 3.09. The zero-order chi connectivity index (χ0) is 18.8. The van der Waals surface area contributed by atoms with Crippen LogP contribution >= 0.6 is 0 Å². The maximum Gasteiger partial charge on any atom is 0.161 e. The highest BCUT2D eigenvalue weighted by atomic mass is 16.5. The number of anilines is 1. The molecule has 0 radical (unpaired) electrons. The van der Waals surface area contributed by atoms with Crippen LogP contribution in [0.5, 0.6) is 11.5 Å². The fourth-order valence-corrected chi connectivity index (χ4v) is 3.09. The van der Waals surface area contributed by atoms with Gasteiger partial charge in [0.2, 0.25) is 0 Å². The molecule has 3 heterocycles. The number of nitrogens with one attached hydrogen (secondary N) is 1. The summed E-state index contributed by atoms with van der Waals surface area (Å²) in [5, 5.41) is 3.47. The summed E-state index contributed by atoms with van der Waals surface area (Å²) in [5.74, 6) is 3.11. The van der Waals surface area contributed by atoms with E-state index in [1.807, 2.05) is 36.4 Å².